The lowest BCUT2D eigenvalue weighted by Crippen LogP contribution is -2.71. The summed E-state index contributed by atoms with van der Waals surface area (Å²) in [7, 11) is 0. The average Bonchev–Trinajstić information content (AvgIpc) is 3.25. The van der Waals surface area contributed by atoms with Gasteiger partial charge in [0.25, 0.3) is 0 Å². The van der Waals surface area contributed by atoms with E-state index in [1.807, 2.05) is 6.07 Å². The van der Waals surface area contributed by atoms with E-state index in [-0.39, 0.29) is 25.5 Å². The van der Waals surface area contributed by atoms with Gasteiger partial charge in [0, 0.05) is 13.0 Å². The smallest absolute Gasteiger partial charge is 0.417 e. The van der Waals surface area contributed by atoms with Crippen molar-refractivity contribution in [2.45, 2.75) is 244 Å². The van der Waals surface area contributed by atoms with Crippen molar-refractivity contribution in [3.05, 3.63) is 35.9 Å². The molecule has 1 aliphatic heterocycles. The van der Waals surface area contributed by atoms with Gasteiger partial charge in [-0.2, -0.15) is 0 Å². The van der Waals surface area contributed by atoms with Gasteiger partial charge in [0.2, 0.25) is 11.8 Å². The predicted molar refractivity (Wildman–Crippen MR) is 241 cm³/mol. The van der Waals surface area contributed by atoms with Gasteiger partial charge in [-0.15, -0.1) is 0 Å². The van der Waals surface area contributed by atoms with Crippen LogP contribution in [0.1, 0.15) is 206 Å². The zero-order valence-electron chi connectivity index (χ0n) is 38.1. The van der Waals surface area contributed by atoms with Crippen LogP contribution >= 0.6 is 0 Å². The maximum Gasteiger partial charge on any atom is 0.417 e. The number of imide groups is 1. The molecule has 0 unspecified atom stereocenters. The maximum absolute atomic E-state index is 14.2. The second kappa shape index (κ2) is 34.0. The number of ether oxygens (including phenoxy) is 2. The Balaban J connectivity index is 2.10. The molecule has 1 aliphatic rings. The lowest BCUT2D eigenvalue weighted by atomic mass is 9.93. The van der Waals surface area contributed by atoms with Crippen molar-refractivity contribution >= 4 is 17.9 Å². The molecule has 0 aromatic heterocycles. The molecule has 60 heavy (non-hydrogen) atoms. The van der Waals surface area contributed by atoms with Crippen molar-refractivity contribution in [1.82, 2.24) is 9.80 Å². The minimum Gasteiger partial charge on any atom is -0.444 e. The topological polar surface area (TPSA) is 163 Å². The van der Waals surface area contributed by atoms with Crippen molar-refractivity contribution in [2.24, 2.45) is 5.73 Å². The van der Waals surface area contributed by atoms with Crippen LogP contribution in [0.4, 0.5) is 4.79 Å². The molecule has 2 rings (SSSR count). The molecule has 0 saturated carbocycles. The molecule has 5 N–H and O–H groups in total. The number of benzene rings is 1. The van der Waals surface area contributed by atoms with Gasteiger partial charge < -0.3 is 35.4 Å². The van der Waals surface area contributed by atoms with Crippen LogP contribution in [0.3, 0.4) is 0 Å². The molecule has 1 saturated heterocycles. The Bertz CT molecular complexity index is 1240. The summed E-state index contributed by atoms with van der Waals surface area (Å²) in [5.74, 6) is -1.08. The van der Waals surface area contributed by atoms with E-state index >= 15 is 0 Å². The van der Waals surface area contributed by atoms with Crippen LogP contribution < -0.4 is 5.73 Å². The first kappa shape index (κ1) is 53.6. The van der Waals surface area contributed by atoms with Gasteiger partial charge >= 0.3 is 6.09 Å². The van der Waals surface area contributed by atoms with Crippen molar-refractivity contribution in [3.63, 3.8) is 0 Å². The van der Waals surface area contributed by atoms with Gasteiger partial charge in [-0.3, -0.25) is 9.59 Å². The van der Waals surface area contributed by atoms with Crippen LogP contribution in [0.15, 0.2) is 30.3 Å². The first-order valence-electron chi connectivity index (χ1n) is 24.4. The SMILES string of the molecule is CCCCCCCCCCCCCCCCCCN(C(=O)CCCCCCCCCCCCC)[C@@H]1O[C@H](CO)[C@@H](O)[C@H](O)[C@H]1N(C(=O)OCc1ccccc1)C(=O)[C@H](C)N. The van der Waals surface area contributed by atoms with E-state index in [0.717, 1.165) is 43.4 Å². The Kier molecular flexibility index (Phi) is 30.3. The third-order valence-electron chi connectivity index (χ3n) is 12.1. The fraction of sp³-hybridized carbons (Fsp3) is 0.816. The summed E-state index contributed by atoms with van der Waals surface area (Å²) >= 11 is 0. The van der Waals surface area contributed by atoms with Crippen molar-refractivity contribution in [3.8, 4) is 0 Å². The highest BCUT2D eigenvalue weighted by molar-refractivity contribution is 5.95. The van der Waals surface area contributed by atoms with Crippen LogP contribution in [0, 0.1) is 0 Å². The van der Waals surface area contributed by atoms with E-state index in [0.29, 0.717) is 18.4 Å². The van der Waals surface area contributed by atoms with E-state index in [4.69, 9.17) is 15.2 Å². The standard InChI is InChI=1S/C49H87N3O8/c1-4-6-8-10-12-14-16-17-18-19-20-22-24-26-28-33-37-51(43(54)36-32-27-25-23-21-15-13-11-9-7-5-2)48-44(46(56)45(55)42(38-53)60-48)52(47(57)40(3)50)49(58)59-39-41-34-30-29-31-35-41/h29-31,34-35,40,42,44-46,48,53,55-56H,4-28,32-33,36-39,50H2,1-3H3/t40-,42+,44+,45+,46+,48+/m0/s1. The molecule has 346 valence electrons. The summed E-state index contributed by atoms with van der Waals surface area (Å²) in [5.41, 5.74) is 6.74. The van der Waals surface area contributed by atoms with Crippen LogP contribution in [-0.2, 0) is 25.7 Å². The summed E-state index contributed by atoms with van der Waals surface area (Å²) in [4.78, 5) is 44.0. The third kappa shape index (κ3) is 21.5. The molecule has 1 aromatic rings. The highest BCUT2D eigenvalue weighted by Gasteiger charge is 2.53. The number of carbonyl (C=O) groups excluding carboxylic acids is 3. The second-order valence-electron chi connectivity index (χ2n) is 17.4. The van der Waals surface area contributed by atoms with Crippen molar-refractivity contribution < 1.29 is 39.2 Å². The first-order valence-corrected chi connectivity index (χ1v) is 24.4. The maximum atomic E-state index is 14.2. The normalized spacial score (nSPS) is 19.6. The van der Waals surface area contributed by atoms with E-state index < -0.39 is 55.2 Å². The van der Waals surface area contributed by atoms with Gasteiger partial charge in [-0.05, 0) is 25.3 Å². The molecule has 3 amide bonds. The van der Waals surface area contributed by atoms with Gasteiger partial charge in [0.1, 0.15) is 31.0 Å². The molecule has 1 heterocycles. The second-order valence-corrected chi connectivity index (χ2v) is 17.4. The molecule has 0 radical (unpaired) electrons. The lowest BCUT2D eigenvalue weighted by Gasteiger charge is -2.49. The van der Waals surface area contributed by atoms with Crippen LogP contribution in [0.5, 0.6) is 0 Å². The van der Waals surface area contributed by atoms with Crippen LogP contribution in [0.2, 0.25) is 0 Å². The zero-order chi connectivity index (χ0) is 43.8. The van der Waals surface area contributed by atoms with E-state index in [1.54, 1.807) is 24.3 Å². The fourth-order valence-electron chi connectivity index (χ4n) is 8.29. The summed E-state index contributed by atoms with van der Waals surface area (Å²) in [5, 5.41) is 32.9. The van der Waals surface area contributed by atoms with Crippen LogP contribution in [0.25, 0.3) is 0 Å². The minimum absolute atomic E-state index is 0.154. The Morgan fingerprint density at radius 1 is 0.667 bits per heavy atom. The molecule has 11 nitrogen and oxygen atoms in total. The van der Waals surface area contributed by atoms with Gasteiger partial charge in [0.05, 0.1) is 12.6 Å². The quantitative estimate of drug-likeness (QED) is 0.0487. The number of hydrogen-bond acceptors (Lipinski definition) is 9. The highest BCUT2D eigenvalue weighted by atomic mass is 16.6. The monoisotopic (exact) mass is 846 g/mol. The van der Waals surface area contributed by atoms with E-state index in [1.165, 1.54) is 134 Å². The zero-order valence-corrected chi connectivity index (χ0v) is 38.1. The number of nitrogens with zero attached hydrogens (tertiary/aromatic N) is 2. The third-order valence-corrected chi connectivity index (χ3v) is 12.1. The molecule has 0 bridgehead atoms. The lowest BCUT2D eigenvalue weighted by molar-refractivity contribution is -0.244. The van der Waals surface area contributed by atoms with E-state index in [2.05, 4.69) is 13.8 Å². The summed E-state index contributed by atoms with van der Waals surface area (Å²) in [6, 6.07) is 6.27. The Morgan fingerprint density at radius 3 is 1.53 bits per heavy atom. The number of hydrogen-bond donors (Lipinski definition) is 4. The molecule has 1 fully saturated rings. The fourth-order valence-corrected chi connectivity index (χ4v) is 8.29. The van der Waals surface area contributed by atoms with Gasteiger partial charge in [-0.25, -0.2) is 9.69 Å². The minimum atomic E-state index is -1.75. The Morgan fingerprint density at radius 2 is 1.10 bits per heavy atom. The highest BCUT2D eigenvalue weighted by Crippen LogP contribution is 2.30. The number of unbranched alkanes of at least 4 members (excludes halogenated alkanes) is 25. The van der Waals surface area contributed by atoms with Gasteiger partial charge in [-0.1, -0.05) is 205 Å². The molecular weight excluding hydrogens is 759 g/mol. The summed E-state index contributed by atoms with van der Waals surface area (Å²) < 4.78 is 11.8. The van der Waals surface area contributed by atoms with Gasteiger partial charge in [0.15, 0.2) is 6.23 Å². The molecule has 1 aromatic carbocycles. The molecule has 6 atom stereocenters. The average molecular weight is 846 g/mol. The molecule has 0 aliphatic carbocycles. The van der Waals surface area contributed by atoms with Crippen molar-refractivity contribution in [1.29, 1.82) is 0 Å². The number of amides is 3. The van der Waals surface area contributed by atoms with E-state index in [9.17, 15) is 29.7 Å². The molecule has 0 spiro atoms. The van der Waals surface area contributed by atoms with Crippen LogP contribution in [-0.4, -0.2) is 92.8 Å². The number of aliphatic hydroxyl groups excluding tert-OH is 3. The summed E-state index contributed by atoms with van der Waals surface area (Å²) in [6.45, 7) is 5.38. The number of aliphatic hydroxyl groups is 3. The first-order chi connectivity index (χ1) is 29.2. The largest absolute Gasteiger partial charge is 0.444 e. The number of nitrogens with two attached hydrogens (primary N) is 1. The Labute approximate surface area is 364 Å². The number of rotatable bonds is 35. The molecule has 11 heteroatoms. The van der Waals surface area contributed by atoms with Crippen molar-refractivity contribution in [2.75, 3.05) is 13.2 Å². The predicted octanol–water partition coefficient (Wildman–Crippen LogP) is 10.1. The molecular formula is C49H87N3O8. The number of carbonyl (C=O) groups is 3. The summed E-state index contributed by atoms with van der Waals surface area (Å²) in [6.07, 6.45) is 25.1. The Hall–Kier alpha value is -2.57.